The number of ether oxygens (including phenoxy) is 1. The zero-order chi connectivity index (χ0) is 22.8. The summed E-state index contributed by atoms with van der Waals surface area (Å²) in [6, 6.07) is 8.38. The van der Waals surface area contributed by atoms with Crippen molar-refractivity contribution in [1.29, 1.82) is 0 Å². The summed E-state index contributed by atoms with van der Waals surface area (Å²) >= 11 is 11.8. The van der Waals surface area contributed by atoms with Crippen LogP contribution in [0.3, 0.4) is 0 Å². The number of amides is 1. The zero-order valence-corrected chi connectivity index (χ0v) is 18.8. The van der Waals surface area contributed by atoms with Gasteiger partial charge in [-0.25, -0.2) is 8.42 Å². The van der Waals surface area contributed by atoms with Crippen LogP contribution in [-0.2, 0) is 14.8 Å². The van der Waals surface area contributed by atoms with E-state index < -0.39 is 14.9 Å². The van der Waals surface area contributed by atoms with Gasteiger partial charge in [-0.05, 0) is 30.7 Å². The molecule has 0 unspecified atom stereocenters. The Morgan fingerprint density at radius 1 is 1.13 bits per heavy atom. The molecular formula is C19H19Cl2N3O6S. The first-order chi connectivity index (χ1) is 14.6. The molecule has 1 amide bonds. The first-order valence-corrected chi connectivity index (χ1v) is 11.4. The summed E-state index contributed by atoms with van der Waals surface area (Å²) in [6.07, 6.45) is 0. The molecule has 1 saturated heterocycles. The van der Waals surface area contributed by atoms with Gasteiger partial charge in [-0.2, -0.15) is 4.31 Å². The number of carbonyl (C=O) groups is 1. The fourth-order valence-corrected chi connectivity index (χ4v) is 5.25. The standard InChI is InChI=1S/C19H19Cl2N3O6S/c1-13-2-4-15(24(26)27)11-18(13)31(28,29)23-8-6-22(7-9-23)19(25)12-30-17-5-3-14(20)10-16(17)21/h2-5,10-11H,6-9,12H2,1H3. The minimum absolute atomic E-state index is 0.0674. The predicted octanol–water partition coefficient (Wildman–Crippen LogP) is 3.12. The number of piperazine rings is 1. The Bertz CT molecular complexity index is 1120. The van der Waals surface area contributed by atoms with Gasteiger partial charge in [-0.1, -0.05) is 29.3 Å². The third-order valence-corrected chi connectivity index (χ3v) is 7.41. The van der Waals surface area contributed by atoms with Crippen molar-refractivity contribution in [1.82, 2.24) is 9.21 Å². The number of nitro benzene ring substituents is 1. The minimum atomic E-state index is -3.93. The van der Waals surface area contributed by atoms with Crippen LogP contribution in [0.2, 0.25) is 10.0 Å². The van der Waals surface area contributed by atoms with Crippen LogP contribution in [0.1, 0.15) is 5.56 Å². The summed E-state index contributed by atoms with van der Waals surface area (Å²) < 4.78 is 32.6. The molecule has 0 aliphatic carbocycles. The van der Waals surface area contributed by atoms with Gasteiger partial charge in [0.15, 0.2) is 6.61 Å². The summed E-state index contributed by atoms with van der Waals surface area (Å²) in [5, 5.41) is 11.7. The van der Waals surface area contributed by atoms with E-state index >= 15 is 0 Å². The lowest BCUT2D eigenvalue weighted by atomic mass is 10.2. The Kier molecular flexibility index (Phi) is 7.05. The molecule has 166 valence electrons. The average Bonchev–Trinajstić information content (AvgIpc) is 2.73. The number of aryl methyl sites for hydroxylation is 1. The number of benzene rings is 2. The second-order valence-corrected chi connectivity index (χ2v) is 9.61. The molecule has 31 heavy (non-hydrogen) atoms. The van der Waals surface area contributed by atoms with E-state index in [1.54, 1.807) is 19.1 Å². The molecule has 2 aromatic rings. The smallest absolute Gasteiger partial charge is 0.270 e. The largest absolute Gasteiger partial charge is 0.482 e. The molecule has 0 radical (unpaired) electrons. The fourth-order valence-electron chi connectivity index (χ4n) is 3.12. The van der Waals surface area contributed by atoms with Crippen LogP contribution < -0.4 is 4.74 Å². The summed E-state index contributed by atoms with van der Waals surface area (Å²) in [5.41, 5.74) is 0.119. The number of non-ortho nitro benzene ring substituents is 1. The van der Waals surface area contributed by atoms with E-state index in [-0.39, 0.29) is 54.3 Å². The summed E-state index contributed by atoms with van der Waals surface area (Å²) in [4.78, 5) is 24.2. The van der Waals surface area contributed by atoms with Crippen molar-refractivity contribution in [2.45, 2.75) is 11.8 Å². The van der Waals surface area contributed by atoms with Gasteiger partial charge in [0.1, 0.15) is 5.75 Å². The van der Waals surface area contributed by atoms with E-state index in [0.29, 0.717) is 16.3 Å². The van der Waals surface area contributed by atoms with Crippen LogP contribution in [0.4, 0.5) is 5.69 Å². The molecule has 0 spiro atoms. The number of rotatable bonds is 6. The van der Waals surface area contributed by atoms with Gasteiger partial charge in [0.2, 0.25) is 10.0 Å². The van der Waals surface area contributed by atoms with Crippen molar-refractivity contribution in [3.8, 4) is 5.75 Å². The molecular weight excluding hydrogens is 469 g/mol. The van der Waals surface area contributed by atoms with Crippen LogP contribution >= 0.6 is 23.2 Å². The first kappa shape index (κ1) is 23.3. The molecule has 0 saturated carbocycles. The lowest BCUT2D eigenvalue weighted by molar-refractivity contribution is -0.385. The maximum atomic E-state index is 13.0. The second-order valence-electron chi connectivity index (χ2n) is 6.86. The summed E-state index contributed by atoms with van der Waals surface area (Å²) in [7, 11) is -3.93. The van der Waals surface area contributed by atoms with Crippen molar-refractivity contribution in [2.75, 3.05) is 32.8 Å². The van der Waals surface area contributed by atoms with Crippen LogP contribution in [0.15, 0.2) is 41.3 Å². The highest BCUT2D eigenvalue weighted by atomic mass is 35.5. The Morgan fingerprint density at radius 3 is 2.42 bits per heavy atom. The summed E-state index contributed by atoms with van der Waals surface area (Å²) in [5.74, 6) is 0.0105. The minimum Gasteiger partial charge on any atom is -0.482 e. The molecule has 2 aromatic carbocycles. The Labute approximate surface area is 189 Å². The van der Waals surface area contributed by atoms with Gasteiger partial charge < -0.3 is 9.64 Å². The van der Waals surface area contributed by atoms with E-state index in [0.717, 1.165) is 6.07 Å². The van der Waals surface area contributed by atoms with Crippen LogP contribution in [0.5, 0.6) is 5.75 Å². The van der Waals surface area contributed by atoms with Gasteiger partial charge in [-0.3, -0.25) is 14.9 Å². The maximum Gasteiger partial charge on any atom is 0.270 e. The third kappa shape index (κ3) is 5.27. The van der Waals surface area contributed by atoms with Crippen molar-refractivity contribution < 1.29 is 22.9 Å². The number of nitrogens with zero attached hydrogens (tertiary/aromatic N) is 3. The number of halogens is 2. The number of hydrogen-bond donors (Lipinski definition) is 0. The number of hydrogen-bond acceptors (Lipinski definition) is 6. The van der Waals surface area contributed by atoms with E-state index in [2.05, 4.69) is 0 Å². The normalized spacial score (nSPS) is 15.0. The third-order valence-electron chi connectivity index (χ3n) is 4.84. The topological polar surface area (TPSA) is 110 Å². The van der Waals surface area contributed by atoms with Gasteiger partial charge in [0.25, 0.3) is 11.6 Å². The lowest BCUT2D eigenvalue weighted by Gasteiger charge is -2.34. The van der Waals surface area contributed by atoms with Crippen LogP contribution in [0, 0.1) is 17.0 Å². The van der Waals surface area contributed by atoms with Crippen LogP contribution in [0.25, 0.3) is 0 Å². The van der Waals surface area contributed by atoms with Gasteiger partial charge in [0.05, 0.1) is 14.8 Å². The zero-order valence-electron chi connectivity index (χ0n) is 16.5. The van der Waals surface area contributed by atoms with E-state index in [4.69, 9.17) is 27.9 Å². The molecule has 0 bridgehead atoms. The van der Waals surface area contributed by atoms with Gasteiger partial charge in [-0.15, -0.1) is 0 Å². The van der Waals surface area contributed by atoms with Gasteiger partial charge in [0, 0.05) is 43.3 Å². The van der Waals surface area contributed by atoms with Crippen molar-refractivity contribution in [3.63, 3.8) is 0 Å². The monoisotopic (exact) mass is 487 g/mol. The Morgan fingerprint density at radius 2 is 1.81 bits per heavy atom. The predicted molar refractivity (Wildman–Crippen MR) is 115 cm³/mol. The molecule has 9 nitrogen and oxygen atoms in total. The highest BCUT2D eigenvalue weighted by Crippen LogP contribution is 2.28. The highest BCUT2D eigenvalue weighted by Gasteiger charge is 2.32. The molecule has 12 heteroatoms. The fraction of sp³-hybridized carbons (Fsp3) is 0.316. The SMILES string of the molecule is Cc1ccc([N+](=O)[O-])cc1S(=O)(=O)N1CCN(C(=O)COc2ccc(Cl)cc2Cl)CC1. The molecule has 0 N–H and O–H groups in total. The van der Waals surface area contributed by atoms with Crippen LogP contribution in [-0.4, -0.2) is 61.2 Å². The molecule has 0 atom stereocenters. The molecule has 1 heterocycles. The molecule has 0 aromatic heterocycles. The van der Waals surface area contributed by atoms with Gasteiger partial charge >= 0.3 is 0 Å². The molecule has 1 aliphatic heterocycles. The molecule has 3 rings (SSSR count). The molecule has 1 aliphatic rings. The quantitative estimate of drug-likeness (QED) is 0.457. The number of nitro groups is 1. The Hall–Kier alpha value is -2.40. The first-order valence-electron chi connectivity index (χ1n) is 9.20. The molecule has 1 fully saturated rings. The number of sulfonamides is 1. The van der Waals surface area contributed by atoms with E-state index in [1.165, 1.54) is 27.4 Å². The van der Waals surface area contributed by atoms with E-state index in [1.807, 2.05) is 0 Å². The number of carbonyl (C=O) groups excluding carboxylic acids is 1. The Balaban J connectivity index is 1.62. The highest BCUT2D eigenvalue weighted by molar-refractivity contribution is 7.89. The van der Waals surface area contributed by atoms with Crippen molar-refractivity contribution in [2.24, 2.45) is 0 Å². The maximum absolute atomic E-state index is 13.0. The summed E-state index contributed by atoms with van der Waals surface area (Å²) in [6.45, 7) is 1.80. The second kappa shape index (κ2) is 9.39. The average molecular weight is 488 g/mol. The van der Waals surface area contributed by atoms with Crippen molar-refractivity contribution in [3.05, 3.63) is 62.1 Å². The van der Waals surface area contributed by atoms with Crippen molar-refractivity contribution >= 4 is 44.8 Å². The van der Waals surface area contributed by atoms with E-state index in [9.17, 15) is 23.3 Å². The lowest BCUT2D eigenvalue weighted by Crippen LogP contribution is -2.51.